The summed E-state index contributed by atoms with van der Waals surface area (Å²) in [6.07, 6.45) is 5.43. The Hall–Kier alpha value is -1.85. The standard InChI is InChI=1S/C13H19N3O3/c1-8(2)19-12-7-14-6-11(16-12)15-10-4-3-9(5-10)13(17)18/h6-10H,3-5H2,1-2H3,(H,15,16)(H,17,18)/t9-,10+/m1/s1. The zero-order valence-corrected chi connectivity index (χ0v) is 11.2. The van der Waals surface area contributed by atoms with Crippen LogP contribution >= 0.6 is 0 Å². The Bertz CT molecular complexity index is 451. The maximum atomic E-state index is 10.9. The van der Waals surface area contributed by atoms with Crippen molar-refractivity contribution < 1.29 is 14.6 Å². The van der Waals surface area contributed by atoms with Crippen LogP contribution < -0.4 is 10.1 Å². The zero-order valence-electron chi connectivity index (χ0n) is 11.2. The molecule has 1 aliphatic rings. The van der Waals surface area contributed by atoms with Crippen molar-refractivity contribution >= 4 is 11.8 Å². The molecule has 2 rings (SSSR count). The van der Waals surface area contributed by atoms with Gasteiger partial charge in [-0.3, -0.25) is 9.78 Å². The van der Waals surface area contributed by atoms with Crippen molar-refractivity contribution in [2.75, 3.05) is 5.32 Å². The average molecular weight is 265 g/mol. The minimum atomic E-state index is -0.715. The van der Waals surface area contributed by atoms with E-state index in [1.54, 1.807) is 12.4 Å². The van der Waals surface area contributed by atoms with Gasteiger partial charge >= 0.3 is 5.97 Å². The van der Waals surface area contributed by atoms with Crippen LogP contribution in [0.5, 0.6) is 5.88 Å². The summed E-state index contributed by atoms with van der Waals surface area (Å²) in [7, 11) is 0. The normalized spacial score (nSPS) is 22.5. The number of nitrogens with zero attached hydrogens (tertiary/aromatic N) is 2. The number of nitrogens with one attached hydrogen (secondary N) is 1. The summed E-state index contributed by atoms with van der Waals surface area (Å²) in [5.41, 5.74) is 0. The van der Waals surface area contributed by atoms with Gasteiger partial charge in [0.1, 0.15) is 5.82 Å². The molecule has 6 nitrogen and oxygen atoms in total. The second kappa shape index (κ2) is 5.86. The van der Waals surface area contributed by atoms with Gasteiger partial charge in [-0.1, -0.05) is 0 Å². The third-order valence-electron chi connectivity index (χ3n) is 3.10. The van der Waals surface area contributed by atoms with Crippen LogP contribution in [-0.4, -0.2) is 33.2 Å². The number of ether oxygens (including phenoxy) is 1. The Kier molecular flexibility index (Phi) is 4.19. The smallest absolute Gasteiger partial charge is 0.306 e. The van der Waals surface area contributed by atoms with E-state index in [9.17, 15) is 4.79 Å². The van der Waals surface area contributed by atoms with Crippen LogP contribution in [0.3, 0.4) is 0 Å². The van der Waals surface area contributed by atoms with Crippen LogP contribution in [0.15, 0.2) is 12.4 Å². The third kappa shape index (κ3) is 3.81. The molecule has 0 saturated heterocycles. The zero-order chi connectivity index (χ0) is 13.8. The molecule has 1 aromatic rings. The first-order chi connectivity index (χ1) is 9.04. The number of aromatic nitrogens is 2. The summed E-state index contributed by atoms with van der Waals surface area (Å²) < 4.78 is 5.47. The van der Waals surface area contributed by atoms with Crippen molar-refractivity contribution in [3.8, 4) is 5.88 Å². The molecule has 0 bridgehead atoms. The lowest BCUT2D eigenvalue weighted by atomic mass is 10.1. The van der Waals surface area contributed by atoms with Crippen molar-refractivity contribution in [2.45, 2.75) is 45.3 Å². The molecule has 1 saturated carbocycles. The Labute approximate surface area is 112 Å². The summed E-state index contributed by atoms with van der Waals surface area (Å²) in [4.78, 5) is 19.3. The Morgan fingerprint density at radius 2 is 2.26 bits per heavy atom. The van der Waals surface area contributed by atoms with Gasteiger partial charge in [0.05, 0.1) is 24.4 Å². The lowest BCUT2D eigenvalue weighted by Crippen LogP contribution is -2.19. The molecule has 104 valence electrons. The number of carbonyl (C=O) groups is 1. The highest BCUT2D eigenvalue weighted by molar-refractivity contribution is 5.70. The maximum absolute atomic E-state index is 10.9. The van der Waals surface area contributed by atoms with E-state index in [1.165, 1.54) is 0 Å². The molecule has 0 unspecified atom stereocenters. The quantitative estimate of drug-likeness (QED) is 0.846. The molecular weight excluding hydrogens is 246 g/mol. The van der Waals surface area contributed by atoms with Gasteiger partial charge in [0.2, 0.25) is 5.88 Å². The molecule has 2 N–H and O–H groups in total. The molecule has 2 atom stereocenters. The summed E-state index contributed by atoms with van der Waals surface area (Å²) in [5, 5.41) is 12.2. The number of rotatable bonds is 5. The topological polar surface area (TPSA) is 84.3 Å². The van der Waals surface area contributed by atoms with E-state index in [4.69, 9.17) is 9.84 Å². The van der Waals surface area contributed by atoms with Crippen LogP contribution in [0, 0.1) is 5.92 Å². The predicted molar refractivity (Wildman–Crippen MR) is 70.2 cm³/mol. The van der Waals surface area contributed by atoms with E-state index in [1.807, 2.05) is 13.8 Å². The fraction of sp³-hybridized carbons (Fsp3) is 0.615. The second-order valence-electron chi connectivity index (χ2n) is 5.10. The van der Waals surface area contributed by atoms with E-state index in [2.05, 4.69) is 15.3 Å². The van der Waals surface area contributed by atoms with Crippen LogP contribution in [0.4, 0.5) is 5.82 Å². The largest absolute Gasteiger partial charge is 0.481 e. The van der Waals surface area contributed by atoms with Gasteiger partial charge in [-0.25, -0.2) is 0 Å². The lowest BCUT2D eigenvalue weighted by Gasteiger charge is -2.14. The fourth-order valence-corrected chi connectivity index (χ4v) is 2.26. The third-order valence-corrected chi connectivity index (χ3v) is 3.10. The first-order valence-corrected chi connectivity index (χ1v) is 6.52. The van der Waals surface area contributed by atoms with Gasteiger partial charge in [0.15, 0.2) is 0 Å². The second-order valence-corrected chi connectivity index (χ2v) is 5.10. The van der Waals surface area contributed by atoms with Crippen LogP contribution in [-0.2, 0) is 4.79 Å². The molecule has 1 aromatic heterocycles. The van der Waals surface area contributed by atoms with E-state index < -0.39 is 5.97 Å². The molecule has 19 heavy (non-hydrogen) atoms. The fourth-order valence-electron chi connectivity index (χ4n) is 2.26. The molecule has 0 aliphatic heterocycles. The summed E-state index contributed by atoms with van der Waals surface area (Å²) in [6, 6.07) is 0.143. The number of hydrogen-bond donors (Lipinski definition) is 2. The molecule has 1 aliphatic carbocycles. The molecule has 1 heterocycles. The van der Waals surface area contributed by atoms with Gasteiger partial charge in [-0.05, 0) is 33.1 Å². The lowest BCUT2D eigenvalue weighted by molar-refractivity contribution is -0.141. The van der Waals surface area contributed by atoms with Crippen molar-refractivity contribution in [3.63, 3.8) is 0 Å². The van der Waals surface area contributed by atoms with Gasteiger partial charge < -0.3 is 15.2 Å². The molecule has 1 fully saturated rings. The minimum absolute atomic E-state index is 0.0485. The maximum Gasteiger partial charge on any atom is 0.306 e. The molecule has 0 spiro atoms. The van der Waals surface area contributed by atoms with Gasteiger partial charge in [-0.2, -0.15) is 4.98 Å². The number of anilines is 1. The summed E-state index contributed by atoms with van der Waals surface area (Å²) in [6.45, 7) is 3.85. The van der Waals surface area contributed by atoms with E-state index in [0.717, 1.165) is 6.42 Å². The number of carboxylic acids is 1. The van der Waals surface area contributed by atoms with Gasteiger partial charge in [-0.15, -0.1) is 0 Å². The van der Waals surface area contributed by atoms with Gasteiger partial charge in [0, 0.05) is 6.04 Å². The highest BCUT2D eigenvalue weighted by Crippen LogP contribution is 2.28. The SMILES string of the molecule is CC(C)Oc1cncc(N[C@H]2CC[C@@H](C(=O)O)C2)n1. The van der Waals surface area contributed by atoms with E-state index in [0.29, 0.717) is 24.5 Å². The molecule has 0 radical (unpaired) electrons. The number of carboxylic acid groups (broad SMARTS) is 1. The monoisotopic (exact) mass is 265 g/mol. The Balaban J connectivity index is 1.94. The van der Waals surface area contributed by atoms with Crippen molar-refractivity contribution in [1.82, 2.24) is 9.97 Å². The predicted octanol–water partition coefficient (Wildman–Crippen LogP) is 1.93. The van der Waals surface area contributed by atoms with E-state index >= 15 is 0 Å². The van der Waals surface area contributed by atoms with Crippen LogP contribution in [0.25, 0.3) is 0 Å². The first-order valence-electron chi connectivity index (χ1n) is 6.52. The van der Waals surface area contributed by atoms with Crippen molar-refractivity contribution in [3.05, 3.63) is 12.4 Å². The molecular formula is C13H19N3O3. The highest BCUT2D eigenvalue weighted by Gasteiger charge is 2.29. The summed E-state index contributed by atoms with van der Waals surface area (Å²) >= 11 is 0. The van der Waals surface area contributed by atoms with E-state index in [-0.39, 0.29) is 18.1 Å². The summed E-state index contributed by atoms with van der Waals surface area (Å²) in [5.74, 6) is 0.148. The van der Waals surface area contributed by atoms with Crippen molar-refractivity contribution in [2.24, 2.45) is 5.92 Å². The minimum Gasteiger partial charge on any atom is -0.481 e. The van der Waals surface area contributed by atoms with Gasteiger partial charge in [0.25, 0.3) is 0 Å². The number of hydrogen-bond acceptors (Lipinski definition) is 5. The highest BCUT2D eigenvalue weighted by atomic mass is 16.5. The molecule has 0 amide bonds. The Morgan fingerprint density at radius 1 is 1.47 bits per heavy atom. The van der Waals surface area contributed by atoms with Crippen LogP contribution in [0.1, 0.15) is 33.1 Å². The Morgan fingerprint density at radius 3 is 2.89 bits per heavy atom. The molecule has 6 heteroatoms. The average Bonchev–Trinajstić information content (AvgIpc) is 2.77. The first kappa shape index (κ1) is 13.6. The van der Waals surface area contributed by atoms with Crippen LogP contribution in [0.2, 0.25) is 0 Å². The molecule has 0 aromatic carbocycles. The number of aliphatic carboxylic acids is 1. The van der Waals surface area contributed by atoms with Crippen molar-refractivity contribution in [1.29, 1.82) is 0 Å².